The summed E-state index contributed by atoms with van der Waals surface area (Å²) in [5.41, 5.74) is 2.23. The fourth-order valence-electron chi connectivity index (χ4n) is 3.45. The van der Waals surface area contributed by atoms with Crippen molar-refractivity contribution < 1.29 is 18.0 Å². The van der Waals surface area contributed by atoms with E-state index >= 15 is 0 Å². The normalized spacial score (nSPS) is 14.5. The number of nitrogens with one attached hydrogen (secondary N) is 3. The lowest BCUT2D eigenvalue weighted by atomic mass is 10.2. The molecule has 2 aromatic rings. The van der Waals surface area contributed by atoms with E-state index in [2.05, 4.69) is 20.3 Å². The Morgan fingerprint density at radius 2 is 1.39 bits per heavy atom. The van der Waals surface area contributed by atoms with Gasteiger partial charge in [0.1, 0.15) is 0 Å². The minimum Gasteiger partial charge on any atom is -0.372 e. The number of nitrogens with zero attached hydrogens (tertiary/aromatic N) is 1. The molecule has 0 radical (unpaired) electrons. The first-order chi connectivity index (χ1) is 14.8. The van der Waals surface area contributed by atoms with E-state index in [1.165, 1.54) is 56.9 Å². The molecule has 0 atom stereocenters. The van der Waals surface area contributed by atoms with Crippen molar-refractivity contribution in [1.82, 2.24) is 4.72 Å². The van der Waals surface area contributed by atoms with Crippen LogP contribution in [-0.2, 0) is 19.6 Å². The summed E-state index contributed by atoms with van der Waals surface area (Å²) >= 11 is 0. The quantitative estimate of drug-likeness (QED) is 0.609. The summed E-state index contributed by atoms with van der Waals surface area (Å²) in [7, 11) is -3.85. The Morgan fingerprint density at radius 3 is 1.97 bits per heavy atom. The van der Waals surface area contributed by atoms with Gasteiger partial charge in [0.25, 0.3) is 0 Å². The van der Waals surface area contributed by atoms with Crippen LogP contribution < -0.4 is 20.3 Å². The van der Waals surface area contributed by atoms with Crippen LogP contribution in [0.25, 0.3) is 0 Å². The van der Waals surface area contributed by atoms with Crippen LogP contribution in [0.5, 0.6) is 0 Å². The lowest BCUT2D eigenvalue weighted by molar-refractivity contribution is -0.115. The largest absolute Gasteiger partial charge is 0.372 e. The molecular weight excluding hydrogens is 416 g/mol. The molecule has 9 heteroatoms. The molecule has 0 aliphatic carbocycles. The van der Waals surface area contributed by atoms with Gasteiger partial charge in [-0.1, -0.05) is 12.8 Å². The van der Waals surface area contributed by atoms with Crippen LogP contribution in [0, 0.1) is 0 Å². The van der Waals surface area contributed by atoms with Gasteiger partial charge in [-0.05, 0) is 61.4 Å². The average molecular weight is 445 g/mol. The van der Waals surface area contributed by atoms with E-state index in [0.29, 0.717) is 11.4 Å². The monoisotopic (exact) mass is 444 g/mol. The van der Waals surface area contributed by atoms with Gasteiger partial charge in [0.05, 0.1) is 11.4 Å². The topological polar surface area (TPSA) is 108 Å². The summed E-state index contributed by atoms with van der Waals surface area (Å²) in [5.74, 6) is -0.703. The van der Waals surface area contributed by atoms with Gasteiger partial charge in [-0.25, -0.2) is 13.1 Å². The predicted molar refractivity (Wildman–Crippen MR) is 122 cm³/mol. The first-order valence-electron chi connectivity index (χ1n) is 10.4. The molecule has 3 N–H and O–H groups in total. The van der Waals surface area contributed by atoms with Gasteiger partial charge in [-0.3, -0.25) is 9.59 Å². The fourth-order valence-corrected chi connectivity index (χ4v) is 4.44. The minimum absolute atomic E-state index is 0.0104. The van der Waals surface area contributed by atoms with Gasteiger partial charge in [0.2, 0.25) is 21.8 Å². The van der Waals surface area contributed by atoms with Crippen LogP contribution in [-0.4, -0.2) is 39.9 Å². The number of benzene rings is 2. The summed E-state index contributed by atoms with van der Waals surface area (Å²) in [6, 6.07) is 13.3. The van der Waals surface area contributed by atoms with Crippen molar-refractivity contribution >= 4 is 38.9 Å². The number of rotatable bonds is 7. The lowest BCUT2D eigenvalue weighted by Gasteiger charge is -2.22. The van der Waals surface area contributed by atoms with Gasteiger partial charge >= 0.3 is 0 Å². The highest BCUT2D eigenvalue weighted by Crippen LogP contribution is 2.21. The maximum Gasteiger partial charge on any atom is 0.241 e. The number of carbonyl (C=O) groups excluding carboxylic acids is 2. The predicted octanol–water partition coefficient (Wildman–Crippen LogP) is 2.94. The fraction of sp³-hybridized carbons (Fsp3) is 0.364. The van der Waals surface area contributed by atoms with E-state index in [-0.39, 0.29) is 17.3 Å². The SMILES string of the molecule is CC(=O)Nc1ccc(S(=O)(=O)NCC(=O)Nc2ccc(N3CCCCCC3)cc2)cc1. The molecule has 31 heavy (non-hydrogen) atoms. The Hall–Kier alpha value is -2.91. The molecule has 0 saturated carbocycles. The van der Waals surface area contributed by atoms with Crippen molar-refractivity contribution in [2.75, 3.05) is 35.2 Å². The first kappa shape index (κ1) is 22.8. The summed E-state index contributed by atoms with van der Waals surface area (Å²) in [5, 5.41) is 5.27. The Morgan fingerprint density at radius 1 is 0.839 bits per heavy atom. The summed E-state index contributed by atoms with van der Waals surface area (Å²) in [6.45, 7) is 3.06. The van der Waals surface area contributed by atoms with E-state index in [4.69, 9.17) is 0 Å². The highest BCUT2D eigenvalue weighted by Gasteiger charge is 2.16. The molecule has 1 aliphatic heterocycles. The number of hydrogen-bond donors (Lipinski definition) is 3. The molecule has 1 aliphatic rings. The molecule has 3 rings (SSSR count). The third-order valence-corrected chi connectivity index (χ3v) is 6.45. The van der Waals surface area contributed by atoms with Crippen molar-refractivity contribution in [3.05, 3.63) is 48.5 Å². The molecule has 2 amide bonds. The van der Waals surface area contributed by atoms with Crippen molar-refractivity contribution in [2.45, 2.75) is 37.5 Å². The Kier molecular flexibility index (Phi) is 7.64. The smallest absolute Gasteiger partial charge is 0.241 e. The number of amides is 2. The van der Waals surface area contributed by atoms with E-state index in [1.54, 1.807) is 0 Å². The molecule has 0 spiro atoms. The van der Waals surface area contributed by atoms with Gasteiger partial charge < -0.3 is 15.5 Å². The second-order valence-electron chi connectivity index (χ2n) is 7.53. The molecule has 0 aromatic heterocycles. The zero-order chi connectivity index (χ0) is 22.3. The molecular formula is C22H28N4O4S. The maximum atomic E-state index is 12.4. The number of anilines is 3. The van der Waals surface area contributed by atoms with Crippen molar-refractivity contribution in [2.24, 2.45) is 0 Å². The number of carbonyl (C=O) groups is 2. The molecule has 1 saturated heterocycles. The Bertz CT molecular complexity index is 997. The standard InChI is InChI=1S/C22H28N4O4S/c1-17(27)24-18-8-12-21(13-9-18)31(29,30)23-16-22(28)25-19-6-10-20(11-7-19)26-14-4-2-3-5-15-26/h6-13,23H,2-5,14-16H2,1H3,(H,24,27)(H,25,28). The average Bonchev–Trinajstić information content (AvgIpc) is 3.03. The van der Waals surface area contributed by atoms with Gasteiger partial charge in [-0.2, -0.15) is 0 Å². The second kappa shape index (κ2) is 10.4. The Labute approximate surface area is 183 Å². The maximum absolute atomic E-state index is 12.4. The molecule has 166 valence electrons. The van der Waals surface area contributed by atoms with Crippen LogP contribution in [0.1, 0.15) is 32.6 Å². The third kappa shape index (κ3) is 6.80. The first-order valence-corrected chi connectivity index (χ1v) is 11.8. The van der Waals surface area contributed by atoms with E-state index < -0.39 is 15.9 Å². The van der Waals surface area contributed by atoms with Crippen LogP contribution in [0.3, 0.4) is 0 Å². The van der Waals surface area contributed by atoms with Crippen LogP contribution in [0.4, 0.5) is 17.1 Å². The second-order valence-corrected chi connectivity index (χ2v) is 9.29. The zero-order valence-electron chi connectivity index (χ0n) is 17.6. The van der Waals surface area contributed by atoms with Gasteiger partial charge in [-0.15, -0.1) is 0 Å². The van der Waals surface area contributed by atoms with E-state index in [0.717, 1.165) is 18.8 Å². The number of sulfonamides is 1. The van der Waals surface area contributed by atoms with E-state index in [9.17, 15) is 18.0 Å². The van der Waals surface area contributed by atoms with Crippen molar-refractivity contribution in [3.8, 4) is 0 Å². The highest BCUT2D eigenvalue weighted by molar-refractivity contribution is 7.89. The lowest BCUT2D eigenvalue weighted by Crippen LogP contribution is -2.32. The molecule has 8 nitrogen and oxygen atoms in total. The molecule has 1 fully saturated rings. The molecule has 0 unspecified atom stereocenters. The summed E-state index contributed by atoms with van der Waals surface area (Å²) in [6.07, 6.45) is 4.91. The zero-order valence-corrected chi connectivity index (χ0v) is 18.4. The van der Waals surface area contributed by atoms with Crippen LogP contribution in [0.15, 0.2) is 53.4 Å². The minimum atomic E-state index is -3.85. The molecule has 1 heterocycles. The van der Waals surface area contributed by atoms with Crippen LogP contribution in [0.2, 0.25) is 0 Å². The summed E-state index contributed by atoms with van der Waals surface area (Å²) < 4.78 is 27.1. The van der Waals surface area contributed by atoms with Crippen molar-refractivity contribution in [3.63, 3.8) is 0 Å². The number of hydrogen-bond acceptors (Lipinski definition) is 5. The third-order valence-electron chi connectivity index (χ3n) is 5.03. The summed E-state index contributed by atoms with van der Waals surface area (Å²) in [4.78, 5) is 25.6. The molecule has 0 bridgehead atoms. The van der Waals surface area contributed by atoms with Gasteiger partial charge in [0.15, 0.2) is 0 Å². The Balaban J connectivity index is 1.52. The molecule has 2 aromatic carbocycles. The highest BCUT2D eigenvalue weighted by atomic mass is 32.2. The van der Waals surface area contributed by atoms with Crippen LogP contribution >= 0.6 is 0 Å². The van der Waals surface area contributed by atoms with E-state index in [1.807, 2.05) is 24.3 Å². The van der Waals surface area contributed by atoms with Gasteiger partial charge in [0, 0.05) is 37.1 Å². The van der Waals surface area contributed by atoms with Crippen molar-refractivity contribution in [1.29, 1.82) is 0 Å².